The molecule has 0 aliphatic heterocycles. The van der Waals surface area contributed by atoms with Crippen molar-refractivity contribution in [1.29, 1.82) is 0 Å². The molecule has 0 aliphatic rings. The monoisotopic (exact) mass is 463 g/mol. The molecule has 3 N–H and O–H groups in total. The lowest BCUT2D eigenvalue weighted by Gasteiger charge is -2.04. The van der Waals surface area contributed by atoms with Gasteiger partial charge >= 0.3 is 0 Å². The van der Waals surface area contributed by atoms with Crippen LogP contribution in [0.4, 0.5) is 0 Å². The zero-order valence-corrected chi connectivity index (χ0v) is 16.9. The number of benzene rings is 1. The van der Waals surface area contributed by atoms with Crippen molar-refractivity contribution < 1.29 is 4.52 Å². The SMILES string of the molecule is CC(C)CCN=C(N)NCCc1nc(-c2cccc(Cl)c2)no1.I. The summed E-state index contributed by atoms with van der Waals surface area (Å²) in [5.41, 5.74) is 6.62. The highest BCUT2D eigenvalue weighted by molar-refractivity contribution is 14.0. The summed E-state index contributed by atoms with van der Waals surface area (Å²) in [7, 11) is 0. The van der Waals surface area contributed by atoms with E-state index in [1.807, 2.05) is 12.1 Å². The van der Waals surface area contributed by atoms with Crippen LogP contribution in [0.25, 0.3) is 11.4 Å². The van der Waals surface area contributed by atoms with E-state index < -0.39 is 0 Å². The second-order valence-electron chi connectivity index (χ2n) is 5.65. The summed E-state index contributed by atoms with van der Waals surface area (Å²) < 4.78 is 5.23. The zero-order chi connectivity index (χ0) is 16.7. The maximum atomic E-state index is 5.96. The summed E-state index contributed by atoms with van der Waals surface area (Å²) >= 11 is 5.96. The fourth-order valence-corrected chi connectivity index (χ4v) is 2.09. The number of aliphatic imine (C=N–C) groups is 1. The lowest BCUT2D eigenvalue weighted by atomic mass is 10.1. The molecule has 0 radical (unpaired) electrons. The van der Waals surface area contributed by atoms with Crippen molar-refractivity contribution in [2.75, 3.05) is 13.1 Å². The molecule has 2 aromatic rings. The number of aromatic nitrogens is 2. The lowest BCUT2D eigenvalue weighted by Crippen LogP contribution is -2.33. The minimum absolute atomic E-state index is 0. The van der Waals surface area contributed by atoms with Crippen molar-refractivity contribution in [3.05, 3.63) is 35.2 Å². The van der Waals surface area contributed by atoms with Crippen LogP contribution in [0.1, 0.15) is 26.2 Å². The molecule has 0 unspecified atom stereocenters. The molecule has 0 fully saturated rings. The predicted molar refractivity (Wildman–Crippen MR) is 108 cm³/mol. The molecule has 1 heterocycles. The zero-order valence-electron chi connectivity index (χ0n) is 13.8. The highest BCUT2D eigenvalue weighted by Gasteiger charge is 2.08. The highest BCUT2D eigenvalue weighted by Crippen LogP contribution is 2.19. The van der Waals surface area contributed by atoms with E-state index in [2.05, 4.69) is 34.3 Å². The van der Waals surface area contributed by atoms with Crippen LogP contribution in [0, 0.1) is 5.92 Å². The Morgan fingerprint density at radius 3 is 2.92 bits per heavy atom. The number of guanidine groups is 1. The van der Waals surface area contributed by atoms with Gasteiger partial charge in [0.25, 0.3) is 0 Å². The Morgan fingerprint density at radius 2 is 2.21 bits per heavy atom. The molecule has 0 amide bonds. The first kappa shape index (κ1) is 20.7. The molecule has 0 saturated carbocycles. The van der Waals surface area contributed by atoms with E-state index in [-0.39, 0.29) is 24.0 Å². The van der Waals surface area contributed by atoms with E-state index in [0.717, 1.165) is 18.5 Å². The highest BCUT2D eigenvalue weighted by atomic mass is 127. The van der Waals surface area contributed by atoms with Crippen LogP contribution < -0.4 is 11.1 Å². The average molecular weight is 464 g/mol. The molecule has 0 saturated heterocycles. The summed E-state index contributed by atoms with van der Waals surface area (Å²) in [5.74, 6) is 2.14. The van der Waals surface area contributed by atoms with Crippen LogP contribution in [0.2, 0.25) is 5.02 Å². The average Bonchev–Trinajstić information content (AvgIpc) is 2.96. The molecule has 8 heteroatoms. The van der Waals surface area contributed by atoms with Gasteiger partial charge in [-0.25, -0.2) is 0 Å². The van der Waals surface area contributed by atoms with Gasteiger partial charge in [0, 0.05) is 30.1 Å². The summed E-state index contributed by atoms with van der Waals surface area (Å²) in [5, 5.41) is 7.64. The van der Waals surface area contributed by atoms with Crippen LogP contribution in [-0.2, 0) is 6.42 Å². The molecule has 0 spiro atoms. The molecule has 1 aromatic carbocycles. The van der Waals surface area contributed by atoms with E-state index in [9.17, 15) is 0 Å². The summed E-state index contributed by atoms with van der Waals surface area (Å²) in [6.07, 6.45) is 1.60. The molecular weight excluding hydrogens is 441 g/mol. The molecule has 1 aromatic heterocycles. The fraction of sp³-hybridized carbons (Fsp3) is 0.438. The third-order valence-electron chi connectivity index (χ3n) is 3.18. The molecular formula is C16H23ClIN5O. The van der Waals surface area contributed by atoms with E-state index in [4.69, 9.17) is 21.9 Å². The standard InChI is InChI=1S/C16H22ClN5O.HI/c1-11(2)6-8-19-16(18)20-9-7-14-21-15(22-23-14)12-4-3-5-13(17)10-12;/h3-5,10-11H,6-9H2,1-2H3,(H3,18,19,20);1H. The van der Waals surface area contributed by atoms with Crippen molar-refractivity contribution in [1.82, 2.24) is 15.5 Å². The first-order valence-electron chi connectivity index (χ1n) is 7.67. The van der Waals surface area contributed by atoms with Crippen LogP contribution in [0.15, 0.2) is 33.8 Å². The van der Waals surface area contributed by atoms with Gasteiger partial charge in [-0.15, -0.1) is 24.0 Å². The van der Waals surface area contributed by atoms with Crippen LogP contribution >= 0.6 is 35.6 Å². The van der Waals surface area contributed by atoms with E-state index in [1.54, 1.807) is 12.1 Å². The van der Waals surface area contributed by atoms with Gasteiger partial charge in [-0.3, -0.25) is 4.99 Å². The van der Waals surface area contributed by atoms with Crippen molar-refractivity contribution in [3.8, 4) is 11.4 Å². The van der Waals surface area contributed by atoms with Crippen LogP contribution in [0.3, 0.4) is 0 Å². The first-order chi connectivity index (χ1) is 11.0. The van der Waals surface area contributed by atoms with Gasteiger partial charge in [-0.2, -0.15) is 4.98 Å². The fourth-order valence-electron chi connectivity index (χ4n) is 1.90. The van der Waals surface area contributed by atoms with Crippen LogP contribution in [0.5, 0.6) is 0 Å². The third-order valence-corrected chi connectivity index (χ3v) is 3.42. The Labute approximate surface area is 164 Å². The number of nitrogens with two attached hydrogens (primary N) is 1. The Kier molecular flexibility index (Phi) is 9.05. The molecule has 132 valence electrons. The minimum atomic E-state index is 0. The predicted octanol–water partition coefficient (Wildman–Crippen LogP) is 3.50. The van der Waals surface area contributed by atoms with Gasteiger partial charge in [-0.1, -0.05) is 42.7 Å². The number of rotatable bonds is 7. The number of nitrogens with zero attached hydrogens (tertiary/aromatic N) is 3. The maximum Gasteiger partial charge on any atom is 0.228 e. The van der Waals surface area contributed by atoms with E-state index >= 15 is 0 Å². The van der Waals surface area contributed by atoms with Crippen LogP contribution in [-0.4, -0.2) is 29.2 Å². The van der Waals surface area contributed by atoms with Crippen molar-refractivity contribution in [3.63, 3.8) is 0 Å². The summed E-state index contributed by atoms with van der Waals surface area (Å²) in [6, 6.07) is 7.34. The smallest absolute Gasteiger partial charge is 0.228 e. The molecule has 0 atom stereocenters. The van der Waals surface area contributed by atoms with Crippen molar-refractivity contribution in [2.24, 2.45) is 16.6 Å². The first-order valence-corrected chi connectivity index (χ1v) is 8.04. The van der Waals surface area contributed by atoms with Crippen molar-refractivity contribution in [2.45, 2.75) is 26.7 Å². The minimum Gasteiger partial charge on any atom is -0.370 e. The lowest BCUT2D eigenvalue weighted by molar-refractivity contribution is 0.379. The second kappa shape index (κ2) is 10.5. The molecule has 0 aliphatic carbocycles. The van der Waals surface area contributed by atoms with E-state index in [0.29, 0.717) is 41.6 Å². The van der Waals surface area contributed by atoms with E-state index in [1.165, 1.54) is 0 Å². The Bertz CT molecular complexity index is 659. The quantitative estimate of drug-likeness (QED) is 0.373. The van der Waals surface area contributed by atoms with Gasteiger partial charge < -0.3 is 15.6 Å². The number of hydrogen-bond acceptors (Lipinski definition) is 4. The molecule has 0 bridgehead atoms. The number of halogens is 2. The third kappa shape index (κ3) is 7.04. The summed E-state index contributed by atoms with van der Waals surface area (Å²) in [4.78, 5) is 8.61. The van der Waals surface area contributed by atoms with Crippen molar-refractivity contribution >= 4 is 41.5 Å². The topological polar surface area (TPSA) is 89.3 Å². The normalized spacial score (nSPS) is 11.4. The molecule has 2 rings (SSSR count). The van der Waals surface area contributed by atoms with Gasteiger partial charge in [0.1, 0.15) is 0 Å². The molecule has 6 nitrogen and oxygen atoms in total. The van der Waals surface area contributed by atoms with Gasteiger partial charge in [0.15, 0.2) is 5.96 Å². The number of hydrogen-bond donors (Lipinski definition) is 2. The Morgan fingerprint density at radius 1 is 1.42 bits per heavy atom. The maximum absolute atomic E-state index is 5.96. The second-order valence-corrected chi connectivity index (χ2v) is 6.08. The number of nitrogens with one attached hydrogen (secondary N) is 1. The summed E-state index contributed by atoms with van der Waals surface area (Å²) in [6.45, 7) is 5.64. The Balaban J connectivity index is 0.00000288. The van der Waals surface area contributed by atoms with Gasteiger partial charge in [0.05, 0.1) is 0 Å². The van der Waals surface area contributed by atoms with Gasteiger partial charge in [0.2, 0.25) is 11.7 Å². The van der Waals surface area contributed by atoms with Gasteiger partial charge in [-0.05, 0) is 24.5 Å². The Hall–Kier alpha value is -1.35. The largest absolute Gasteiger partial charge is 0.370 e. The molecule has 24 heavy (non-hydrogen) atoms.